The lowest BCUT2D eigenvalue weighted by Gasteiger charge is -2.29. The van der Waals surface area contributed by atoms with Crippen LogP contribution in [0.15, 0.2) is 23.1 Å². The second kappa shape index (κ2) is 9.21. The monoisotopic (exact) mass is 437 g/mol. The van der Waals surface area contributed by atoms with E-state index in [4.69, 9.17) is 9.47 Å². The predicted octanol–water partition coefficient (Wildman–Crippen LogP) is 1.42. The molecule has 1 aromatic carbocycles. The zero-order chi connectivity index (χ0) is 21.1. The van der Waals surface area contributed by atoms with Crippen LogP contribution in [0.25, 0.3) is 0 Å². The molecule has 4 rings (SSSR count). The SMILES string of the molecule is COc1ccc(C(=O)N2CCCC2CN2CCCC2)cc1S(=O)(=O)N1CCOCC1. The molecule has 1 aromatic rings. The lowest BCUT2D eigenvalue weighted by atomic mass is 10.1. The van der Waals surface area contributed by atoms with Gasteiger partial charge in [0.1, 0.15) is 10.6 Å². The number of methoxy groups -OCH3 is 1. The minimum Gasteiger partial charge on any atom is -0.495 e. The van der Waals surface area contributed by atoms with Gasteiger partial charge in [0.05, 0.1) is 20.3 Å². The molecule has 0 aliphatic carbocycles. The molecule has 1 unspecified atom stereocenters. The van der Waals surface area contributed by atoms with E-state index in [0.717, 1.165) is 39.0 Å². The molecule has 9 heteroatoms. The molecule has 0 aromatic heterocycles. The number of likely N-dealkylation sites (tertiary alicyclic amines) is 2. The fourth-order valence-electron chi connectivity index (χ4n) is 4.66. The van der Waals surface area contributed by atoms with Gasteiger partial charge in [0.15, 0.2) is 0 Å². The highest BCUT2D eigenvalue weighted by Crippen LogP contribution is 2.30. The predicted molar refractivity (Wildman–Crippen MR) is 112 cm³/mol. The molecule has 3 saturated heterocycles. The maximum Gasteiger partial charge on any atom is 0.254 e. The molecule has 3 aliphatic heterocycles. The van der Waals surface area contributed by atoms with Crippen LogP contribution in [-0.4, -0.2) is 94.1 Å². The number of sulfonamides is 1. The zero-order valence-electron chi connectivity index (χ0n) is 17.6. The summed E-state index contributed by atoms with van der Waals surface area (Å²) in [6, 6.07) is 4.94. The Hall–Kier alpha value is -1.68. The smallest absolute Gasteiger partial charge is 0.254 e. The van der Waals surface area contributed by atoms with E-state index in [1.54, 1.807) is 12.1 Å². The second-order valence-electron chi connectivity index (χ2n) is 8.18. The lowest BCUT2D eigenvalue weighted by Crippen LogP contribution is -2.43. The average Bonchev–Trinajstić information content (AvgIpc) is 3.46. The van der Waals surface area contributed by atoms with Gasteiger partial charge in [-0.1, -0.05) is 0 Å². The van der Waals surface area contributed by atoms with Gasteiger partial charge in [-0.25, -0.2) is 8.42 Å². The molecule has 0 radical (unpaired) electrons. The first-order valence-corrected chi connectivity index (χ1v) is 12.2. The van der Waals surface area contributed by atoms with Gasteiger partial charge in [0.25, 0.3) is 5.91 Å². The highest BCUT2D eigenvalue weighted by molar-refractivity contribution is 7.89. The topological polar surface area (TPSA) is 79.4 Å². The van der Waals surface area contributed by atoms with Crippen LogP contribution in [0.2, 0.25) is 0 Å². The molecule has 3 heterocycles. The summed E-state index contributed by atoms with van der Waals surface area (Å²) in [5.74, 6) is 0.158. The number of ether oxygens (including phenoxy) is 2. The molecule has 166 valence electrons. The maximum atomic E-state index is 13.3. The number of morpholine rings is 1. The summed E-state index contributed by atoms with van der Waals surface area (Å²) in [5.41, 5.74) is 0.399. The molecule has 3 fully saturated rings. The van der Waals surface area contributed by atoms with Gasteiger partial charge >= 0.3 is 0 Å². The first-order chi connectivity index (χ1) is 14.5. The number of amides is 1. The van der Waals surface area contributed by atoms with Gasteiger partial charge in [-0.2, -0.15) is 4.31 Å². The molecule has 1 atom stereocenters. The standard InChI is InChI=1S/C21H31N3O5S/c1-28-19-7-6-17(15-20(19)30(26,27)23-11-13-29-14-12-23)21(25)24-10-4-5-18(24)16-22-8-2-3-9-22/h6-7,15,18H,2-5,8-14,16H2,1H3. The van der Waals surface area contributed by atoms with Gasteiger partial charge in [-0.3, -0.25) is 4.79 Å². The van der Waals surface area contributed by atoms with Crippen molar-refractivity contribution in [2.75, 3.05) is 59.6 Å². The van der Waals surface area contributed by atoms with Crippen molar-refractivity contribution < 1.29 is 22.7 Å². The number of hydrogen-bond donors (Lipinski definition) is 0. The van der Waals surface area contributed by atoms with Crippen molar-refractivity contribution in [1.82, 2.24) is 14.1 Å². The van der Waals surface area contributed by atoms with E-state index in [-0.39, 0.29) is 22.6 Å². The number of hydrogen-bond acceptors (Lipinski definition) is 6. The van der Waals surface area contributed by atoms with Crippen LogP contribution in [0.3, 0.4) is 0 Å². The number of nitrogens with zero attached hydrogens (tertiary/aromatic N) is 3. The number of carbonyl (C=O) groups excluding carboxylic acids is 1. The number of rotatable bonds is 6. The van der Waals surface area contributed by atoms with Gasteiger partial charge in [0, 0.05) is 37.8 Å². The molecule has 0 saturated carbocycles. The average molecular weight is 438 g/mol. The van der Waals surface area contributed by atoms with Crippen molar-refractivity contribution in [3.05, 3.63) is 23.8 Å². The van der Waals surface area contributed by atoms with Crippen molar-refractivity contribution >= 4 is 15.9 Å². The van der Waals surface area contributed by atoms with E-state index in [1.165, 1.54) is 30.3 Å². The fourth-order valence-corrected chi connectivity index (χ4v) is 6.25. The fraction of sp³-hybridized carbons (Fsp3) is 0.667. The van der Waals surface area contributed by atoms with Crippen LogP contribution in [-0.2, 0) is 14.8 Å². The van der Waals surface area contributed by atoms with Crippen LogP contribution >= 0.6 is 0 Å². The Labute approximate surface area is 178 Å². The first-order valence-electron chi connectivity index (χ1n) is 10.8. The van der Waals surface area contributed by atoms with Crippen molar-refractivity contribution in [1.29, 1.82) is 0 Å². The minimum atomic E-state index is -3.77. The first kappa shape index (κ1) is 21.5. The lowest BCUT2D eigenvalue weighted by molar-refractivity contribution is 0.0707. The molecule has 30 heavy (non-hydrogen) atoms. The highest BCUT2D eigenvalue weighted by Gasteiger charge is 2.34. The van der Waals surface area contributed by atoms with Crippen LogP contribution in [0.5, 0.6) is 5.75 Å². The van der Waals surface area contributed by atoms with Gasteiger partial charge < -0.3 is 19.3 Å². The van der Waals surface area contributed by atoms with E-state index in [0.29, 0.717) is 31.9 Å². The third-order valence-corrected chi connectivity index (χ3v) is 8.22. The van der Waals surface area contributed by atoms with Crippen molar-refractivity contribution in [3.63, 3.8) is 0 Å². The van der Waals surface area contributed by atoms with Crippen molar-refractivity contribution in [3.8, 4) is 5.75 Å². The maximum absolute atomic E-state index is 13.3. The van der Waals surface area contributed by atoms with Crippen LogP contribution in [0, 0.1) is 0 Å². The molecule has 3 aliphatic rings. The van der Waals surface area contributed by atoms with E-state index in [1.807, 2.05) is 4.90 Å². The van der Waals surface area contributed by atoms with E-state index in [9.17, 15) is 13.2 Å². The Morgan fingerprint density at radius 1 is 1.10 bits per heavy atom. The third kappa shape index (κ3) is 4.34. The Morgan fingerprint density at radius 2 is 1.83 bits per heavy atom. The van der Waals surface area contributed by atoms with E-state index in [2.05, 4.69) is 4.90 Å². The second-order valence-corrected chi connectivity index (χ2v) is 10.1. The molecule has 0 N–H and O–H groups in total. The third-order valence-electron chi connectivity index (χ3n) is 6.30. The molecule has 0 bridgehead atoms. The summed E-state index contributed by atoms with van der Waals surface area (Å²) in [6.45, 7) is 5.15. The van der Waals surface area contributed by atoms with Crippen LogP contribution < -0.4 is 4.74 Å². The zero-order valence-corrected chi connectivity index (χ0v) is 18.4. The number of carbonyl (C=O) groups is 1. The molecule has 0 spiro atoms. The van der Waals surface area contributed by atoms with Gasteiger partial charge in [-0.15, -0.1) is 0 Å². The van der Waals surface area contributed by atoms with Gasteiger partial charge in [0.2, 0.25) is 10.0 Å². The van der Waals surface area contributed by atoms with Gasteiger partial charge in [-0.05, 0) is 57.0 Å². The van der Waals surface area contributed by atoms with Crippen LogP contribution in [0.1, 0.15) is 36.0 Å². The Balaban J connectivity index is 1.58. The molecular weight excluding hydrogens is 406 g/mol. The Kier molecular flexibility index (Phi) is 6.62. The molecule has 8 nitrogen and oxygen atoms in total. The minimum absolute atomic E-state index is 0.0491. The normalized spacial score (nSPS) is 23.8. The molecular formula is C21H31N3O5S. The summed E-state index contributed by atoms with van der Waals surface area (Å²) in [6.07, 6.45) is 4.43. The quantitative estimate of drug-likeness (QED) is 0.670. The summed E-state index contributed by atoms with van der Waals surface area (Å²) < 4.78 is 38.4. The van der Waals surface area contributed by atoms with E-state index >= 15 is 0 Å². The van der Waals surface area contributed by atoms with Crippen LogP contribution in [0.4, 0.5) is 0 Å². The van der Waals surface area contributed by atoms with Crippen molar-refractivity contribution in [2.45, 2.75) is 36.6 Å². The summed E-state index contributed by atoms with van der Waals surface area (Å²) >= 11 is 0. The Bertz CT molecular complexity index is 863. The molecule has 1 amide bonds. The Morgan fingerprint density at radius 3 is 2.53 bits per heavy atom. The largest absolute Gasteiger partial charge is 0.495 e. The van der Waals surface area contributed by atoms with Crippen molar-refractivity contribution in [2.24, 2.45) is 0 Å². The number of benzene rings is 1. The van der Waals surface area contributed by atoms with E-state index < -0.39 is 10.0 Å². The summed E-state index contributed by atoms with van der Waals surface area (Å²) in [7, 11) is -2.32. The summed E-state index contributed by atoms with van der Waals surface area (Å²) in [5, 5.41) is 0. The summed E-state index contributed by atoms with van der Waals surface area (Å²) in [4.78, 5) is 17.7. The highest BCUT2D eigenvalue weighted by atomic mass is 32.2.